The van der Waals surface area contributed by atoms with E-state index in [9.17, 15) is 14.4 Å². The number of rotatable bonds is 5. The summed E-state index contributed by atoms with van der Waals surface area (Å²) < 4.78 is 0. The monoisotopic (exact) mass is 337 g/mol. The molecule has 0 saturated carbocycles. The first kappa shape index (κ1) is 18.0. The lowest BCUT2D eigenvalue weighted by Gasteiger charge is -2.01. The Morgan fingerprint density at radius 3 is 2.52 bits per heavy atom. The van der Waals surface area contributed by atoms with Crippen LogP contribution in [-0.2, 0) is 11.2 Å². The summed E-state index contributed by atoms with van der Waals surface area (Å²) in [5.41, 5.74) is 2.03. The molecular formula is C19H19N3O3. The summed E-state index contributed by atoms with van der Waals surface area (Å²) >= 11 is 0. The van der Waals surface area contributed by atoms with Gasteiger partial charge in [-0.05, 0) is 30.2 Å². The van der Waals surface area contributed by atoms with E-state index >= 15 is 0 Å². The van der Waals surface area contributed by atoms with E-state index < -0.39 is 0 Å². The van der Waals surface area contributed by atoms with Gasteiger partial charge in [0.15, 0.2) is 0 Å². The second kappa shape index (κ2) is 9.08. The Kier molecular flexibility index (Phi) is 6.55. The molecule has 0 saturated heterocycles. The molecule has 6 nitrogen and oxygen atoms in total. The van der Waals surface area contributed by atoms with Crippen molar-refractivity contribution >= 4 is 11.8 Å². The molecule has 0 aliphatic heterocycles. The van der Waals surface area contributed by atoms with Crippen molar-refractivity contribution in [2.45, 2.75) is 12.8 Å². The maximum atomic E-state index is 11.8. The first-order valence-electron chi connectivity index (χ1n) is 7.84. The zero-order valence-electron chi connectivity index (χ0n) is 13.9. The lowest BCUT2D eigenvalue weighted by atomic mass is 10.1. The number of aryl methyl sites for hydroxylation is 1. The van der Waals surface area contributed by atoms with Crippen molar-refractivity contribution in [3.05, 3.63) is 69.6 Å². The SMILES string of the molecule is CNC(=O)CCc1ccc(C#CCNC(=O)c2ccc(=O)[nH]c2)cc1. The lowest BCUT2D eigenvalue weighted by Crippen LogP contribution is -2.24. The molecule has 2 amide bonds. The maximum absolute atomic E-state index is 11.8. The number of aromatic amines is 1. The van der Waals surface area contributed by atoms with Gasteiger partial charge in [0.2, 0.25) is 11.5 Å². The molecule has 0 aliphatic carbocycles. The van der Waals surface area contributed by atoms with Gasteiger partial charge in [-0.15, -0.1) is 0 Å². The Labute approximate surface area is 145 Å². The number of hydrogen-bond acceptors (Lipinski definition) is 3. The highest BCUT2D eigenvalue weighted by molar-refractivity contribution is 5.93. The Bertz CT molecular complexity index is 837. The predicted molar refractivity (Wildman–Crippen MR) is 95.1 cm³/mol. The van der Waals surface area contributed by atoms with Gasteiger partial charge in [-0.2, -0.15) is 0 Å². The molecule has 0 atom stereocenters. The number of carbonyl (C=O) groups is 2. The van der Waals surface area contributed by atoms with Gasteiger partial charge in [-0.1, -0.05) is 24.0 Å². The van der Waals surface area contributed by atoms with Gasteiger partial charge >= 0.3 is 0 Å². The molecule has 25 heavy (non-hydrogen) atoms. The van der Waals surface area contributed by atoms with Gasteiger partial charge in [0.05, 0.1) is 12.1 Å². The van der Waals surface area contributed by atoms with E-state index in [-0.39, 0.29) is 23.9 Å². The highest BCUT2D eigenvalue weighted by Crippen LogP contribution is 2.06. The largest absolute Gasteiger partial charge is 0.359 e. The Balaban J connectivity index is 1.82. The number of amides is 2. The lowest BCUT2D eigenvalue weighted by molar-refractivity contribution is -0.120. The van der Waals surface area contributed by atoms with Crippen LogP contribution < -0.4 is 16.2 Å². The van der Waals surface area contributed by atoms with E-state index in [1.54, 1.807) is 7.05 Å². The highest BCUT2D eigenvalue weighted by Gasteiger charge is 2.03. The molecule has 6 heteroatoms. The van der Waals surface area contributed by atoms with Crippen LogP contribution in [0.3, 0.4) is 0 Å². The molecule has 1 aromatic carbocycles. The van der Waals surface area contributed by atoms with Crippen LogP contribution >= 0.6 is 0 Å². The molecule has 1 aromatic heterocycles. The van der Waals surface area contributed by atoms with E-state index in [1.165, 1.54) is 18.3 Å². The molecule has 2 aromatic rings. The minimum Gasteiger partial charge on any atom is -0.359 e. The van der Waals surface area contributed by atoms with Gasteiger partial charge in [-0.25, -0.2) is 0 Å². The summed E-state index contributed by atoms with van der Waals surface area (Å²) in [7, 11) is 1.62. The third-order valence-corrected chi connectivity index (χ3v) is 3.49. The van der Waals surface area contributed by atoms with Gasteiger partial charge in [0, 0.05) is 31.3 Å². The van der Waals surface area contributed by atoms with Gasteiger partial charge in [0.1, 0.15) is 0 Å². The van der Waals surface area contributed by atoms with Crippen LogP contribution in [0.5, 0.6) is 0 Å². The van der Waals surface area contributed by atoms with Crippen LogP contribution in [0.15, 0.2) is 47.4 Å². The average molecular weight is 337 g/mol. The zero-order chi connectivity index (χ0) is 18.1. The second-order valence-electron chi connectivity index (χ2n) is 5.30. The second-order valence-corrected chi connectivity index (χ2v) is 5.30. The molecule has 0 unspecified atom stereocenters. The number of nitrogens with one attached hydrogen (secondary N) is 3. The normalized spacial score (nSPS) is 9.64. The highest BCUT2D eigenvalue weighted by atomic mass is 16.2. The van der Waals surface area contributed by atoms with E-state index in [0.717, 1.165) is 11.1 Å². The molecule has 0 bridgehead atoms. The zero-order valence-corrected chi connectivity index (χ0v) is 13.9. The molecule has 1 heterocycles. The molecule has 0 fully saturated rings. The molecule has 3 N–H and O–H groups in total. The fourth-order valence-corrected chi connectivity index (χ4v) is 2.06. The van der Waals surface area contributed by atoms with Crippen LogP contribution in [0, 0.1) is 11.8 Å². The quantitative estimate of drug-likeness (QED) is 0.706. The first-order chi connectivity index (χ1) is 12.1. The fraction of sp³-hybridized carbons (Fsp3) is 0.211. The fourth-order valence-electron chi connectivity index (χ4n) is 2.06. The minimum atomic E-state index is -0.296. The van der Waals surface area contributed by atoms with Crippen LogP contribution in [0.1, 0.15) is 27.9 Å². The van der Waals surface area contributed by atoms with E-state index in [0.29, 0.717) is 18.4 Å². The van der Waals surface area contributed by atoms with E-state index in [4.69, 9.17) is 0 Å². The van der Waals surface area contributed by atoms with Crippen LogP contribution in [0.25, 0.3) is 0 Å². The molecule has 0 aliphatic rings. The Morgan fingerprint density at radius 2 is 1.88 bits per heavy atom. The number of carbonyl (C=O) groups excluding carboxylic acids is 2. The first-order valence-corrected chi connectivity index (χ1v) is 7.84. The summed E-state index contributed by atoms with van der Waals surface area (Å²) in [6, 6.07) is 10.4. The van der Waals surface area contributed by atoms with Crippen LogP contribution in [0.2, 0.25) is 0 Å². The van der Waals surface area contributed by atoms with E-state index in [1.807, 2.05) is 24.3 Å². The average Bonchev–Trinajstić information content (AvgIpc) is 2.64. The number of benzene rings is 1. The molecular weight excluding hydrogens is 318 g/mol. The topological polar surface area (TPSA) is 91.1 Å². The minimum absolute atomic E-state index is 0.0158. The van der Waals surface area contributed by atoms with Crippen LogP contribution in [-0.4, -0.2) is 30.4 Å². The van der Waals surface area contributed by atoms with Gasteiger partial charge < -0.3 is 15.6 Å². The smallest absolute Gasteiger partial charge is 0.253 e. The Hall–Kier alpha value is -3.33. The van der Waals surface area contributed by atoms with Crippen molar-refractivity contribution in [2.24, 2.45) is 0 Å². The summed E-state index contributed by atoms with van der Waals surface area (Å²) in [6.45, 7) is 0.205. The third kappa shape index (κ3) is 5.99. The molecule has 128 valence electrons. The molecule has 0 radical (unpaired) electrons. The van der Waals surface area contributed by atoms with Crippen molar-refractivity contribution in [1.29, 1.82) is 0 Å². The van der Waals surface area contributed by atoms with Gasteiger partial charge in [0.25, 0.3) is 5.91 Å². The van der Waals surface area contributed by atoms with Crippen LogP contribution in [0.4, 0.5) is 0 Å². The number of pyridine rings is 1. The number of hydrogen-bond donors (Lipinski definition) is 3. The third-order valence-electron chi connectivity index (χ3n) is 3.49. The maximum Gasteiger partial charge on any atom is 0.253 e. The van der Waals surface area contributed by atoms with Crippen molar-refractivity contribution < 1.29 is 9.59 Å². The standard InChI is InChI=1S/C19H19N3O3/c1-20-17(23)10-8-15-6-4-14(5-7-15)3-2-12-21-19(25)16-9-11-18(24)22-13-16/h4-7,9,11,13H,8,10,12H2,1H3,(H,20,23)(H,21,25)(H,22,24). The number of aromatic nitrogens is 1. The Morgan fingerprint density at radius 1 is 1.12 bits per heavy atom. The summed E-state index contributed by atoms with van der Waals surface area (Å²) in [6.07, 6.45) is 2.50. The summed E-state index contributed by atoms with van der Waals surface area (Å²) in [5, 5.41) is 5.25. The van der Waals surface area contributed by atoms with Crippen molar-refractivity contribution in [3.63, 3.8) is 0 Å². The summed E-state index contributed by atoms with van der Waals surface area (Å²) in [5.74, 6) is 5.56. The van der Waals surface area contributed by atoms with Crippen molar-refractivity contribution in [3.8, 4) is 11.8 Å². The van der Waals surface area contributed by atoms with Crippen molar-refractivity contribution in [1.82, 2.24) is 15.6 Å². The number of H-pyrrole nitrogens is 1. The predicted octanol–water partition coefficient (Wildman–Crippen LogP) is 0.835. The van der Waals surface area contributed by atoms with E-state index in [2.05, 4.69) is 27.5 Å². The molecule has 0 spiro atoms. The van der Waals surface area contributed by atoms with Crippen molar-refractivity contribution in [2.75, 3.05) is 13.6 Å². The molecule has 2 rings (SSSR count). The summed E-state index contributed by atoms with van der Waals surface area (Å²) in [4.78, 5) is 36.4. The van der Waals surface area contributed by atoms with Gasteiger partial charge in [-0.3, -0.25) is 14.4 Å².